The summed E-state index contributed by atoms with van der Waals surface area (Å²) < 4.78 is 5.21. The zero-order valence-corrected chi connectivity index (χ0v) is 9.33. The predicted molar refractivity (Wildman–Crippen MR) is 60.0 cm³/mol. The number of hydrogen-bond acceptors (Lipinski definition) is 6. The molecule has 6 heteroatoms. The summed E-state index contributed by atoms with van der Waals surface area (Å²) in [4.78, 5) is 12.5. The molecule has 1 atom stereocenters. The van der Waals surface area contributed by atoms with Gasteiger partial charge in [-0.2, -0.15) is 4.98 Å². The van der Waals surface area contributed by atoms with Gasteiger partial charge in [-0.25, -0.2) is 9.97 Å². The van der Waals surface area contributed by atoms with Crippen molar-refractivity contribution in [2.45, 2.75) is 12.8 Å². The summed E-state index contributed by atoms with van der Waals surface area (Å²) in [5, 5.41) is 7.21. The summed E-state index contributed by atoms with van der Waals surface area (Å²) in [7, 11) is 0. The van der Waals surface area contributed by atoms with Crippen LogP contribution in [0.25, 0.3) is 11.6 Å². The van der Waals surface area contributed by atoms with Crippen LogP contribution in [-0.2, 0) is 6.42 Å². The van der Waals surface area contributed by atoms with Crippen LogP contribution in [0.3, 0.4) is 0 Å². The van der Waals surface area contributed by atoms with Crippen LogP contribution in [0.1, 0.15) is 12.3 Å². The smallest absolute Gasteiger partial charge is 0.240 e. The molecule has 0 amide bonds. The van der Waals surface area contributed by atoms with Crippen molar-refractivity contribution in [3.63, 3.8) is 0 Å². The lowest BCUT2D eigenvalue weighted by Gasteiger charge is -2.01. The van der Waals surface area contributed by atoms with E-state index in [-0.39, 0.29) is 0 Å². The molecule has 6 nitrogen and oxygen atoms in total. The first-order valence-corrected chi connectivity index (χ1v) is 5.72. The highest BCUT2D eigenvalue weighted by Gasteiger charge is 2.19. The van der Waals surface area contributed by atoms with E-state index in [4.69, 9.17) is 4.52 Å². The van der Waals surface area contributed by atoms with Gasteiger partial charge in [0.25, 0.3) is 0 Å². The Morgan fingerprint density at radius 1 is 1.29 bits per heavy atom. The molecule has 2 aromatic rings. The molecule has 1 N–H and O–H groups in total. The van der Waals surface area contributed by atoms with Gasteiger partial charge in [-0.15, -0.1) is 0 Å². The minimum Gasteiger partial charge on any atom is -0.339 e. The molecule has 3 rings (SSSR count). The van der Waals surface area contributed by atoms with Gasteiger partial charge >= 0.3 is 0 Å². The lowest BCUT2D eigenvalue weighted by molar-refractivity contribution is 0.357. The van der Waals surface area contributed by atoms with Gasteiger partial charge in [-0.1, -0.05) is 5.16 Å². The van der Waals surface area contributed by atoms with Crippen molar-refractivity contribution in [1.82, 2.24) is 25.4 Å². The van der Waals surface area contributed by atoms with Crippen molar-refractivity contribution in [2.75, 3.05) is 13.1 Å². The second-order valence-corrected chi connectivity index (χ2v) is 4.15. The highest BCUT2D eigenvalue weighted by molar-refractivity contribution is 5.40. The fraction of sp³-hybridized carbons (Fsp3) is 0.455. The van der Waals surface area contributed by atoms with Crippen LogP contribution in [-0.4, -0.2) is 33.2 Å². The van der Waals surface area contributed by atoms with Crippen LogP contribution in [0.5, 0.6) is 0 Å². The maximum Gasteiger partial charge on any atom is 0.240 e. The first-order chi connectivity index (χ1) is 8.42. The first-order valence-electron chi connectivity index (χ1n) is 5.72. The molecule has 3 heterocycles. The van der Waals surface area contributed by atoms with Crippen LogP contribution in [0.15, 0.2) is 23.0 Å². The molecule has 1 aliphatic heterocycles. The predicted octanol–water partition coefficient (Wildman–Crippen LogP) is 0.679. The highest BCUT2D eigenvalue weighted by atomic mass is 16.5. The van der Waals surface area contributed by atoms with Gasteiger partial charge in [-0.3, -0.25) is 0 Å². The minimum atomic E-state index is 0.464. The van der Waals surface area contributed by atoms with E-state index >= 15 is 0 Å². The Morgan fingerprint density at radius 3 is 2.94 bits per heavy atom. The molecule has 0 spiro atoms. The Kier molecular flexibility index (Phi) is 2.79. The van der Waals surface area contributed by atoms with Gasteiger partial charge < -0.3 is 9.84 Å². The monoisotopic (exact) mass is 231 g/mol. The van der Waals surface area contributed by atoms with Gasteiger partial charge in [-0.05, 0) is 31.5 Å². The Morgan fingerprint density at radius 2 is 2.18 bits per heavy atom. The third-order valence-corrected chi connectivity index (χ3v) is 2.86. The van der Waals surface area contributed by atoms with E-state index in [1.54, 1.807) is 18.5 Å². The maximum atomic E-state index is 5.21. The zero-order valence-electron chi connectivity index (χ0n) is 9.33. The van der Waals surface area contributed by atoms with Crippen molar-refractivity contribution in [1.29, 1.82) is 0 Å². The van der Waals surface area contributed by atoms with Crippen molar-refractivity contribution in [3.05, 3.63) is 24.4 Å². The van der Waals surface area contributed by atoms with Crippen molar-refractivity contribution >= 4 is 0 Å². The molecule has 1 saturated heterocycles. The molecule has 88 valence electrons. The van der Waals surface area contributed by atoms with Crippen LogP contribution < -0.4 is 5.32 Å². The summed E-state index contributed by atoms with van der Waals surface area (Å²) in [5.41, 5.74) is 0. The van der Waals surface area contributed by atoms with Gasteiger partial charge in [0.05, 0.1) is 0 Å². The van der Waals surface area contributed by atoms with Crippen molar-refractivity contribution in [3.8, 4) is 11.6 Å². The fourth-order valence-corrected chi connectivity index (χ4v) is 1.98. The molecule has 0 radical (unpaired) electrons. The minimum absolute atomic E-state index is 0.464. The van der Waals surface area contributed by atoms with Gasteiger partial charge in [0.15, 0.2) is 0 Å². The Balaban J connectivity index is 1.74. The van der Waals surface area contributed by atoms with E-state index in [9.17, 15) is 0 Å². The molecule has 0 aromatic carbocycles. The molecule has 0 aliphatic carbocycles. The molecule has 17 heavy (non-hydrogen) atoms. The fourth-order valence-electron chi connectivity index (χ4n) is 1.98. The van der Waals surface area contributed by atoms with Crippen molar-refractivity contribution < 1.29 is 4.52 Å². The lowest BCUT2D eigenvalue weighted by Crippen LogP contribution is -2.10. The average Bonchev–Trinajstić information content (AvgIpc) is 3.02. The number of nitrogens with zero attached hydrogens (tertiary/aromatic N) is 4. The summed E-state index contributed by atoms with van der Waals surface area (Å²) in [5.74, 6) is 2.24. The normalized spacial score (nSPS) is 19.6. The molecular weight excluding hydrogens is 218 g/mol. The molecule has 2 aromatic heterocycles. The zero-order chi connectivity index (χ0) is 11.5. The second kappa shape index (κ2) is 4.58. The van der Waals surface area contributed by atoms with Gasteiger partial charge in [0, 0.05) is 18.8 Å². The number of aromatic nitrogens is 4. The molecule has 1 aliphatic rings. The van der Waals surface area contributed by atoms with E-state index < -0.39 is 0 Å². The molecule has 0 bridgehead atoms. The summed E-state index contributed by atoms with van der Waals surface area (Å²) in [6.45, 7) is 2.10. The third kappa shape index (κ3) is 2.31. The van der Waals surface area contributed by atoms with Crippen LogP contribution in [0.4, 0.5) is 0 Å². The molecular formula is C11H13N5O. The lowest BCUT2D eigenvalue weighted by atomic mass is 10.1. The Bertz CT molecular complexity index is 478. The summed E-state index contributed by atoms with van der Waals surface area (Å²) in [6.07, 6.45) is 5.32. The highest BCUT2D eigenvalue weighted by Crippen LogP contribution is 2.16. The summed E-state index contributed by atoms with van der Waals surface area (Å²) in [6, 6.07) is 1.76. The Labute approximate surface area is 98.5 Å². The standard InChI is InChI=1S/C11H13N5O/c1-3-13-10(14-4-1)11-15-9(17-16-11)6-8-2-5-12-7-8/h1,3-4,8,12H,2,5-7H2. The van der Waals surface area contributed by atoms with Crippen LogP contribution in [0, 0.1) is 5.92 Å². The SMILES string of the molecule is c1cnc(-c2noc(CC3CCNC3)n2)nc1. The molecule has 0 saturated carbocycles. The molecule has 1 fully saturated rings. The largest absolute Gasteiger partial charge is 0.339 e. The van der Waals surface area contributed by atoms with Gasteiger partial charge in [0.1, 0.15) is 0 Å². The van der Waals surface area contributed by atoms with Gasteiger partial charge in [0.2, 0.25) is 17.5 Å². The van der Waals surface area contributed by atoms with Crippen LogP contribution in [0.2, 0.25) is 0 Å². The topological polar surface area (TPSA) is 76.7 Å². The Hall–Kier alpha value is -1.82. The van der Waals surface area contributed by atoms with Crippen molar-refractivity contribution in [2.24, 2.45) is 5.92 Å². The quantitative estimate of drug-likeness (QED) is 0.837. The van der Waals surface area contributed by atoms with Crippen LogP contribution >= 0.6 is 0 Å². The molecule has 1 unspecified atom stereocenters. The average molecular weight is 231 g/mol. The van der Waals surface area contributed by atoms with E-state index in [2.05, 4.69) is 25.4 Å². The third-order valence-electron chi connectivity index (χ3n) is 2.86. The number of rotatable bonds is 3. The first kappa shape index (κ1) is 10.3. The van der Waals surface area contributed by atoms with E-state index in [0.717, 1.165) is 19.5 Å². The number of nitrogens with one attached hydrogen (secondary N) is 1. The maximum absolute atomic E-state index is 5.21. The summed E-state index contributed by atoms with van der Waals surface area (Å²) >= 11 is 0. The van der Waals surface area contributed by atoms with E-state index in [1.807, 2.05) is 0 Å². The van der Waals surface area contributed by atoms with E-state index in [0.29, 0.717) is 23.5 Å². The second-order valence-electron chi connectivity index (χ2n) is 4.15. The van der Waals surface area contributed by atoms with E-state index in [1.165, 1.54) is 6.42 Å². The number of hydrogen-bond donors (Lipinski definition) is 1.